The molecule has 4 rings (SSSR count). The molecule has 4 nitrogen and oxygen atoms in total. The number of aryl methyl sites for hydroxylation is 3. The number of ketones is 1. The third-order valence-corrected chi connectivity index (χ3v) is 5.91. The Kier molecular flexibility index (Phi) is 4.76. The van der Waals surface area contributed by atoms with E-state index in [2.05, 4.69) is 12.1 Å². The summed E-state index contributed by atoms with van der Waals surface area (Å²) >= 11 is 0. The zero-order valence-electron chi connectivity index (χ0n) is 17.1. The van der Waals surface area contributed by atoms with Gasteiger partial charge in [-0.05, 0) is 62.4 Å². The van der Waals surface area contributed by atoms with Crippen LogP contribution in [0.1, 0.15) is 47.4 Å². The third kappa shape index (κ3) is 3.13. The van der Waals surface area contributed by atoms with Gasteiger partial charge in [-0.25, -0.2) is 0 Å². The lowest BCUT2D eigenvalue weighted by molar-refractivity contribution is -0.116. The minimum Gasteiger partial charge on any atom is -0.384 e. The fraction of sp³-hybridized carbons (Fsp3) is 0.280. The molecule has 0 aromatic heterocycles. The molecule has 0 bridgehead atoms. The molecule has 0 spiro atoms. The van der Waals surface area contributed by atoms with E-state index in [0.717, 1.165) is 52.1 Å². The van der Waals surface area contributed by atoms with Crippen LogP contribution in [0.25, 0.3) is 0 Å². The lowest BCUT2D eigenvalue weighted by atomic mass is 9.74. The second-order valence-corrected chi connectivity index (χ2v) is 8.02. The topological polar surface area (TPSA) is 70.1 Å². The number of anilines is 1. The van der Waals surface area contributed by atoms with Gasteiger partial charge in [0, 0.05) is 23.4 Å². The molecule has 0 fully saturated rings. The smallest absolute Gasteiger partial charge is 0.161 e. The summed E-state index contributed by atoms with van der Waals surface area (Å²) < 4.78 is 0. The van der Waals surface area contributed by atoms with Gasteiger partial charge in [0.1, 0.15) is 5.82 Å². The van der Waals surface area contributed by atoms with Crippen molar-refractivity contribution in [2.45, 2.75) is 46.0 Å². The fourth-order valence-electron chi connectivity index (χ4n) is 4.61. The molecule has 2 aliphatic rings. The highest BCUT2D eigenvalue weighted by molar-refractivity contribution is 6.01. The second kappa shape index (κ2) is 7.25. The minimum atomic E-state index is -0.399. The van der Waals surface area contributed by atoms with E-state index in [1.165, 1.54) is 0 Å². The third-order valence-electron chi connectivity index (χ3n) is 5.91. The van der Waals surface area contributed by atoms with Crippen molar-refractivity contribution in [3.63, 3.8) is 0 Å². The van der Waals surface area contributed by atoms with Crippen LogP contribution in [0.2, 0.25) is 0 Å². The highest BCUT2D eigenvalue weighted by Crippen LogP contribution is 2.46. The van der Waals surface area contributed by atoms with Gasteiger partial charge in [0.15, 0.2) is 5.78 Å². The predicted octanol–water partition coefficient (Wildman–Crippen LogP) is 4.92. The van der Waals surface area contributed by atoms with E-state index in [1.54, 1.807) is 0 Å². The molecule has 0 radical (unpaired) electrons. The van der Waals surface area contributed by atoms with Crippen molar-refractivity contribution in [3.05, 3.63) is 87.4 Å². The molecule has 0 saturated carbocycles. The average molecular weight is 383 g/mol. The first kappa shape index (κ1) is 19.0. The highest BCUT2D eigenvalue weighted by Gasteiger charge is 2.40. The monoisotopic (exact) mass is 383 g/mol. The lowest BCUT2D eigenvalue weighted by Crippen LogP contribution is -2.38. The fourth-order valence-corrected chi connectivity index (χ4v) is 4.61. The molecule has 0 saturated heterocycles. The maximum absolute atomic E-state index is 13.1. The summed E-state index contributed by atoms with van der Waals surface area (Å²) in [4.78, 5) is 15.1. The summed E-state index contributed by atoms with van der Waals surface area (Å²) in [6.45, 7) is 6.11. The molecule has 1 atom stereocenters. The standard InChI is InChI=1S/C25H25N3O/c1-15-6-4-7-18(13-15)28-21-8-5-9-22(29)24(21)23(20(14-26)25(28)27)19-11-10-16(2)12-17(19)3/h4,6-7,10-13,23H,5,8-9,27H2,1-3H3. The molecule has 4 heteroatoms. The van der Waals surface area contributed by atoms with Crippen molar-refractivity contribution in [2.24, 2.45) is 5.73 Å². The van der Waals surface area contributed by atoms with E-state index < -0.39 is 5.92 Å². The zero-order valence-corrected chi connectivity index (χ0v) is 17.1. The van der Waals surface area contributed by atoms with Crippen LogP contribution < -0.4 is 10.6 Å². The second-order valence-electron chi connectivity index (χ2n) is 8.02. The van der Waals surface area contributed by atoms with Crippen molar-refractivity contribution in [2.75, 3.05) is 4.90 Å². The van der Waals surface area contributed by atoms with Crippen LogP contribution in [0.15, 0.2) is 65.1 Å². The molecule has 1 unspecified atom stereocenters. The van der Waals surface area contributed by atoms with Crippen molar-refractivity contribution < 1.29 is 4.79 Å². The molecule has 1 aliphatic heterocycles. The number of carbonyl (C=O) groups excluding carboxylic acids is 1. The highest BCUT2D eigenvalue weighted by atomic mass is 16.1. The zero-order chi connectivity index (χ0) is 20.7. The van der Waals surface area contributed by atoms with Crippen molar-refractivity contribution in [1.29, 1.82) is 5.26 Å². The number of nitrogens with two attached hydrogens (primary N) is 1. The normalized spacial score (nSPS) is 19.3. The Morgan fingerprint density at radius 3 is 2.52 bits per heavy atom. The summed E-state index contributed by atoms with van der Waals surface area (Å²) in [5.41, 5.74) is 14.0. The van der Waals surface area contributed by atoms with Gasteiger partial charge in [-0.15, -0.1) is 0 Å². The van der Waals surface area contributed by atoms with Crippen LogP contribution in [0.5, 0.6) is 0 Å². The number of allylic oxidation sites excluding steroid dienone is 3. The number of hydrogen-bond donors (Lipinski definition) is 1. The summed E-state index contributed by atoms with van der Waals surface area (Å²) in [6.07, 6.45) is 2.09. The number of nitrogens with zero attached hydrogens (tertiary/aromatic N) is 2. The van der Waals surface area contributed by atoms with E-state index in [4.69, 9.17) is 5.73 Å². The Balaban J connectivity index is 1.99. The summed E-state index contributed by atoms with van der Waals surface area (Å²) in [5.74, 6) is 0.148. The van der Waals surface area contributed by atoms with Crippen LogP contribution >= 0.6 is 0 Å². The molecule has 0 amide bonds. The first-order valence-corrected chi connectivity index (χ1v) is 10.0. The SMILES string of the molecule is Cc1cccc(N2C(N)=C(C#N)C(c3ccc(C)cc3C)C3=C2CCCC3=O)c1. The van der Waals surface area contributed by atoms with Crippen LogP contribution in [-0.2, 0) is 4.79 Å². The van der Waals surface area contributed by atoms with Gasteiger partial charge < -0.3 is 5.73 Å². The van der Waals surface area contributed by atoms with Crippen molar-refractivity contribution in [1.82, 2.24) is 0 Å². The molecule has 1 heterocycles. The van der Waals surface area contributed by atoms with Gasteiger partial charge in [-0.2, -0.15) is 5.26 Å². The van der Waals surface area contributed by atoms with Crippen LogP contribution in [-0.4, -0.2) is 5.78 Å². The van der Waals surface area contributed by atoms with Crippen molar-refractivity contribution >= 4 is 11.5 Å². The average Bonchev–Trinajstić information content (AvgIpc) is 2.67. The Hall–Kier alpha value is -3.32. The number of Topliss-reactive ketones (excluding diaryl/α,β-unsaturated/α-hetero) is 1. The molecule has 1 aliphatic carbocycles. The number of carbonyl (C=O) groups is 1. The Morgan fingerprint density at radius 2 is 1.83 bits per heavy atom. The first-order valence-electron chi connectivity index (χ1n) is 10.0. The molecule has 2 aromatic rings. The number of rotatable bonds is 2. The van der Waals surface area contributed by atoms with E-state index in [9.17, 15) is 10.1 Å². The lowest BCUT2D eigenvalue weighted by Gasteiger charge is -2.40. The van der Waals surface area contributed by atoms with Crippen LogP contribution in [0.3, 0.4) is 0 Å². The molecule has 2 N–H and O–H groups in total. The molecular weight excluding hydrogens is 358 g/mol. The maximum atomic E-state index is 13.1. The molecule has 2 aromatic carbocycles. The maximum Gasteiger partial charge on any atom is 0.161 e. The van der Waals surface area contributed by atoms with Gasteiger partial charge in [0.25, 0.3) is 0 Å². The predicted molar refractivity (Wildman–Crippen MR) is 115 cm³/mol. The van der Waals surface area contributed by atoms with Gasteiger partial charge >= 0.3 is 0 Å². The number of hydrogen-bond acceptors (Lipinski definition) is 4. The van der Waals surface area contributed by atoms with Gasteiger partial charge in [-0.1, -0.05) is 35.9 Å². The Morgan fingerprint density at radius 1 is 1.07 bits per heavy atom. The summed E-state index contributed by atoms with van der Waals surface area (Å²) in [6, 6.07) is 16.5. The summed E-state index contributed by atoms with van der Waals surface area (Å²) in [5, 5.41) is 10.1. The summed E-state index contributed by atoms with van der Waals surface area (Å²) in [7, 11) is 0. The number of benzene rings is 2. The largest absolute Gasteiger partial charge is 0.384 e. The molecular formula is C25H25N3O. The van der Waals surface area contributed by atoms with Crippen LogP contribution in [0, 0.1) is 32.1 Å². The quantitative estimate of drug-likeness (QED) is 0.799. The van der Waals surface area contributed by atoms with Crippen molar-refractivity contribution in [3.8, 4) is 6.07 Å². The van der Waals surface area contributed by atoms with Gasteiger partial charge in [-0.3, -0.25) is 9.69 Å². The minimum absolute atomic E-state index is 0.120. The van der Waals surface area contributed by atoms with E-state index in [1.807, 2.05) is 62.1 Å². The number of nitriles is 1. The van der Waals surface area contributed by atoms with E-state index in [0.29, 0.717) is 17.8 Å². The first-order chi connectivity index (χ1) is 13.9. The van der Waals surface area contributed by atoms with Gasteiger partial charge in [0.2, 0.25) is 0 Å². The van der Waals surface area contributed by atoms with E-state index in [-0.39, 0.29) is 5.78 Å². The molecule has 146 valence electrons. The molecule has 29 heavy (non-hydrogen) atoms. The van der Waals surface area contributed by atoms with Gasteiger partial charge in [0.05, 0.1) is 17.6 Å². The Bertz CT molecular complexity index is 1120. The van der Waals surface area contributed by atoms with Crippen LogP contribution in [0.4, 0.5) is 5.69 Å². The van der Waals surface area contributed by atoms with E-state index >= 15 is 0 Å². The Labute approximate surface area is 171 Å².